The molecule has 0 aliphatic carbocycles. The van der Waals surface area contributed by atoms with E-state index in [4.69, 9.17) is 25.8 Å². The van der Waals surface area contributed by atoms with Crippen LogP contribution in [0, 0.1) is 5.92 Å². The number of fused-ring (bicyclic) bond motifs is 3. The van der Waals surface area contributed by atoms with Crippen LogP contribution in [0.3, 0.4) is 0 Å². The average Bonchev–Trinajstić information content (AvgIpc) is 3.27. The number of hydrogen-bond donors (Lipinski definition) is 2. The van der Waals surface area contributed by atoms with Crippen LogP contribution in [0.2, 0.25) is 5.02 Å². The molecule has 172 valence electrons. The number of nitrogens with one attached hydrogen (secondary N) is 2. The van der Waals surface area contributed by atoms with Crippen molar-refractivity contribution >= 4 is 17.3 Å². The molecule has 33 heavy (non-hydrogen) atoms. The van der Waals surface area contributed by atoms with Crippen molar-refractivity contribution in [2.24, 2.45) is 5.92 Å². The lowest BCUT2D eigenvalue weighted by Gasteiger charge is -2.39. The van der Waals surface area contributed by atoms with E-state index in [9.17, 15) is 0 Å². The molecule has 2 heterocycles. The van der Waals surface area contributed by atoms with Gasteiger partial charge in [-0.15, -0.1) is 0 Å². The molecule has 5 rings (SSSR count). The predicted octanol–water partition coefficient (Wildman–Crippen LogP) is 4.89. The second-order valence-corrected chi connectivity index (χ2v) is 8.89. The first-order valence-corrected chi connectivity index (χ1v) is 11.4. The molecular formula is C26H28ClN3O3. The van der Waals surface area contributed by atoms with E-state index in [1.807, 2.05) is 24.3 Å². The topological polar surface area (TPSA) is 55.0 Å². The maximum atomic E-state index is 6.14. The molecule has 0 bridgehead atoms. The first-order chi connectivity index (χ1) is 16.1. The Kier molecular flexibility index (Phi) is 6.06. The molecule has 2 aliphatic rings. The Hall–Kier alpha value is -2.93. The highest BCUT2D eigenvalue weighted by Crippen LogP contribution is 2.49. The zero-order valence-electron chi connectivity index (χ0n) is 19.0. The highest BCUT2D eigenvalue weighted by atomic mass is 35.5. The highest BCUT2D eigenvalue weighted by Gasteiger charge is 2.43. The minimum atomic E-state index is 0.141. The van der Waals surface area contributed by atoms with Crippen LogP contribution >= 0.6 is 11.6 Å². The number of rotatable bonds is 6. The monoisotopic (exact) mass is 465 g/mol. The predicted molar refractivity (Wildman–Crippen MR) is 130 cm³/mol. The second-order valence-electron chi connectivity index (χ2n) is 8.46. The van der Waals surface area contributed by atoms with Gasteiger partial charge in [-0.05, 0) is 47.0 Å². The van der Waals surface area contributed by atoms with E-state index in [2.05, 4.69) is 52.1 Å². The molecule has 3 aromatic rings. The Bertz CT molecular complexity index is 1140. The van der Waals surface area contributed by atoms with E-state index >= 15 is 0 Å². The summed E-state index contributed by atoms with van der Waals surface area (Å²) in [5, 5.41) is 0.742. The van der Waals surface area contributed by atoms with Gasteiger partial charge in [0.2, 0.25) is 0 Å². The fourth-order valence-corrected chi connectivity index (χ4v) is 5.13. The van der Waals surface area contributed by atoms with Crippen LogP contribution in [0.15, 0.2) is 60.7 Å². The molecule has 1 saturated heterocycles. The van der Waals surface area contributed by atoms with Crippen molar-refractivity contribution in [3.8, 4) is 17.2 Å². The van der Waals surface area contributed by atoms with Gasteiger partial charge in [-0.3, -0.25) is 0 Å². The van der Waals surface area contributed by atoms with Gasteiger partial charge in [-0.25, -0.2) is 10.9 Å². The third-order valence-corrected chi connectivity index (χ3v) is 6.88. The van der Waals surface area contributed by atoms with E-state index in [0.717, 1.165) is 41.0 Å². The van der Waals surface area contributed by atoms with Crippen LogP contribution in [-0.4, -0.2) is 27.9 Å². The van der Waals surface area contributed by atoms with Crippen molar-refractivity contribution in [2.45, 2.75) is 18.6 Å². The van der Waals surface area contributed by atoms with E-state index in [1.165, 1.54) is 16.7 Å². The third kappa shape index (κ3) is 4.10. The van der Waals surface area contributed by atoms with Crippen molar-refractivity contribution in [1.82, 2.24) is 10.9 Å². The summed E-state index contributed by atoms with van der Waals surface area (Å²) >= 11 is 6.14. The van der Waals surface area contributed by atoms with E-state index in [1.54, 1.807) is 21.3 Å². The first kappa shape index (κ1) is 21.9. The summed E-state index contributed by atoms with van der Waals surface area (Å²) in [7, 11) is 5.05. The van der Waals surface area contributed by atoms with Crippen LogP contribution in [-0.2, 0) is 6.54 Å². The largest absolute Gasteiger partial charge is 0.497 e. The summed E-state index contributed by atoms with van der Waals surface area (Å²) in [6.45, 7) is 1.63. The molecule has 2 N–H and O–H groups in total. The van der Waals surface area contributed by atoms with Gasteiger partial charge in [0.25, 0.3) is 0 Å². The van der Waals surface area contributed by atoms with Gasteiger partial charge in [0.1, 0.15) is 5.75 Å². The van der Waals surface area contributed by atoms with Gasteiger partial charge in [0.05, 0.1) is 33.4 Å². The van der Waals surface area contributed by atoms with Gasteiger partial charge in [-0.1, -0.05) is 35.9 Å². The van der Waals surface area contributed by atoms with Crippen LogP contribution in [0.4, 0.5) is 5.69 Å². The summed E-state index contributed by atoms with van der Waals surface area (Å²) in [5.41, 5.74) is 11.8. The minimum Gasteiger partial charge on any atom is -0.497 e. The summed E-state index contributed by atoms with van der Waals surface area (Å²) in [6, 6.07) is 20.8. The van der Waals surface area contributed by atoms with Crippen molar-refractivity contribution in [3.63, 3.8) is 0 Å². The normalized spacial score (nSPS) is 21.3. The van der Waals surface area contributed by atoms with Crippen LogP contribution in [0.25, 0.3) is 0 Å². The molecule has 2 aliphatic heterocycles. The molecule has 1 fully saturated rings. The molecule has 3 aromatic carbocycles. The summed E-state index contributed by atoms with van der Waals surface area (Å²) in [4.78, 5) is 2.42. The number of anilines is 1. The van der Waals surface area contributed by atoms with Crippen molar-refractivity contribution in [1.29, 1.82) is 0 Å². The molecule has 0 saturated carbocycles. The fraction of sp³-hybridized carbons (Fsp3) is 0.308. The standard InChI is InChI=1S/C26H28ClN3O3/c1-31-19-6-4-5-16(11-19)14-30-15-21-25(17-7-9-18(27)10-8-17)28-29-26(21)20-12-23(32-2)24(33-3)13-22(20)30/h4-13,21,25-26,28-29H,14-15H2,1-3H3. The molecule has 7 heteroatoms. The third-order valence-electron chi connectivity index (χ3n) is 6.63. The van der Waals surface area contributed by atoms with Gasteiger partial charge in [0.15, 0.2) is 11.5 Å². The van der Waals surface area contributed by atoms with Crippen molar-refractivity contribution in [3.05, 3.63) is 82.4 Å². The van der Waals surface area contributed by atoms with E-state index in [0.29, 0.717) is 5.92 Å². The molecule has 0 radical (unpaired) electrons. The number of methoxy groups -OCH3 is 3. The number of halogens is 1. The highest BCUT2D eigenvalue weighted by molar-refractivity contribution is 6.30. The Morgan fingerprint density at radius 3 is 2.33 bits per heavy atom. The van der Waals surface area contributed by atoms with Gasteiger partial charge < -0.3 is 19.1 Å². The molecule has 0 spiro atoms. The summed E-state index contributed by atoms with van der Waals surface area (Å²) < 4.78 is 16.7. The molecule has 3 atom stereocenters. The number of hydrazine groups is 1. The number of nitrogens with zero attached hydrogens (tertiary/aromatic N) is 1. The lowest BCUT2D eigenvalue weighted by atomic mass is 9.81. The van der Waals surface area contributed by atoms with Crippen LogP contribution in [0.5, 0.6) is 17.2 Å². The zero-order valence-corrected chi connectivity index (χ0v) is 19.7. The molecule has 3 unspecified atom stereocenters. The van der Waals surface area contributed by atoms with Crippen molar-refractivity contribution in [2.75, 3.05) is 32.8 Å². The van der Waals surface area contributed by atoms with Crippen LogP contribution in [0.1, 0.15) is 28.8 Å². The zero-order chi connectivity index (χ0) is 22.9. The van der Waals surface area contributed by atoms with Crippen molar-refractivity contribution < 1.29 is 14.2 Å². The number of benzene rings is 3. The quantitative estimate of drug-likeness (QED) is 0.540. The van der Waals surface area contributed by atoms with E-state index < -0.39 is 0 Å². The molecule has 0 amide bonds. The lowest BCUT2D eigenvalue weighted by Crippen LogP contribution is -2.39. The van der Waals surface area contributed by atoms with Crippen LogP contribution < -0.4 is 30.0 Å². The minimum absolute atomic E-state index is 0.141. The fourth-order valence-electron chi connectivity index (χ4n) is 5.01. The number of ether oxygens (including phenoxy) is 3. The van der Waals surface area contributed by atoms with Gasteiger partial charge in [0, 0.05) is 35.8 Å². The summed E-state index contributed by atoms with van der Waals surface area (Å²) in [5.74, 6) is 2.63. The second kappa shape index (κ2) is 9.14. The Labute approximate surface area is 199 Å². The first-order valence-electron chi connectivity index (χ1n) is 11.0. The molecule has 0 aromatic heterocycles. The average molecular weight is 466 g/mol. The maximum absolute atomic E-state index is 6.14. The number of hydrogen-bond acceptors (Lipinski definition) is 6. The Morgan fingerprint density at radius 1 is 0.879 bits per heavy atom. The lowest BCUT2D eigenvalue weighted by molar-refractivity contribution is 0.350. The molecule has 6 nitrogen and oxygen atoms in total. The van der Waals surface area contributed by atoms with E-state index in [-0.39, 0.29) is 12.1 Å². The molecular weight excluding hydrogens is 438 g/mol. The SMILES string of the molecule is COc1cccc(CN2CC3C(c4ccc(Cl)cc4)NNC3c3cc(OC)c(OC)cc32)c1. The summed E-state index contributed by atoms with van der Waals surface area (Å²) in [6.07, 6.45) is 0. The smallest absolute Gasteiger partial charge is 0.162 e. The van der Waals surface area contributed by atoms with Gasteiger partial charge in [-0.2, -0.15) is 0 Å². The van der Waals surface area contributed by atoms with Gasteiger partial charge >= 0.3 is 0 Å². The maximum Gasteiger partial charge on any atom is 0.162 e. The Balaban J connectivity index is 1.55. The Morgan fingerprint density at radius 2 is 1.61 bits per heavy atom.